The minimum Gasteiger partial charge on any atom is -0.462 e. The van der Waals surface area contributed by atoms with Crippen LogP contribution in [0, 0.1) is 0 Å². The van der Waals surface area contributed by atoms with Gasteiger partial charge in [-0.15, -0.1) is 0 Å². The van der Waals surface area contributed by atoms with Crippen LogP contribution in [-0.2, 0) is 19.1 Å². The van der Waals surface area contributed by atoms with Crippen molar-refractivity contribution in [1.29, 1.82) is 0 Å². The topological polar surface area (TPSA) is 113 Å². The van der Waals surface area contributed by atoms with E-state index in [9.17, 15) is 24.9 Å². The van der Waals surface area contributed by atoms with E-state index in [0.29, 0.717) is 25.7 Å². The first-order valence-electron chi connectivity index (χ1n) is 14.4. The monoisotopic (exact) mass is 514 g/mol. The van der Waals surface area contributed by atoms with Gasteiger partial charge in [0.15, 0.2) is 6.10 Å². The van der Waals surface area contributed by atoms with Crippen LogP contribution in [0.3, 0.4) is 0 Å². The molecule has 0 aromatic rings. The van der Waals surface area contributed by atoms with E-state index in [0.717, 1.165) is 57.8 Å². The number of aliphatic hydroxyl groups is 3. The molecule has 7 heteroatoms. The van der Waals surface area contributed by atoms with Crippen LogP contribution in [0.4, 0.5) is 0 Å². The third-order valence-corrected chi connectivity index (χ3v) is 6.26. The highest BCUT2D eigenvalue weighted by Gasteiger charge is 2.16. The van der Waals surface area contributed by atoms with Crippen LogP contribution in [0.5, 0.6) is 0 Å². The third-order valence-electron chi connectivity index (χ3n) is 6.26. The Kier molecular flexibility index (Phi) is 24.2. The van der Waals surface area contributed by atoms with Gasteiger partial charge in [-0.05, 0) is 38.5 Å². The fraction of sp³-hybridized carbons (Fsp3) is 0.862. The van der Waals surface area contributed by atoms with Crippen LogP contribution in [0.15, 0.2) is 12.2 Å². The number of carbonyl (C=O) groups excluding carboxylic acids is 2. The van der Waals surface area contributed by atoms with E-state index in [4.69, 9.17) is 9.47 Å². The van der Waals surface area contributed by atoms with Gasteiger partial charge < -0.3 is 24.8 Å². The van der Waals surface area contributed by atoms with Gasteiger partial charge in [-0.25, -0.2) is 0 Å². The number of allylic oxidation sites excluding steroid dienone is 1. The lowest BCUT2D eigenvalue weighted by molar-refractivity contribution is -0.161. The first kappa shape index (κ1) is 34.6. The Morgan fingerprint density at radius 2 is 1.31 bits per heavy atom. The van der Waals surface area contributed by atoms with Gasteiger partial charge in [0.25, 0.3) is 0 Å². The van der Waals surface area contributed by atoms with Crippen molar-refractivity contribution in [3.05, 3.63) is 12.2 Å². The summed E-state index contributed by atoms with van der Waals surface area (Å²) in [7, 11) is 0. The van der Waals surface area contributed by atoms with Crippen LogP contribution in [0.1, 0.15) is 129 Å². The quantitative estimate of drug-likeness (QED) is 0.0804. The number of carbonyl (C=O) groups is 2. The van der Waals surface area contributed by atoms with E-state index in [1.54, 1.807) is 0 Å². The second-order valence-corrected chi connectivity index (χ2v) is 9.79. The summed E-state index contributed by atoms with van der Waals surface area (Å²) < 4.78 is 10.4. The van der Waals surface area contributed by atoms with E-state index in [2.05, 4.69) is 19.9 Å². The predicted octanol–water partition coefficient (Wildman–Crippen LogP) is 5.77. The average molecular weight is 515 g/mol. The molecule has 7 nitrogen and oxygen atoms in total. The van der Waals surface area contributed by atoms with Crippen LogP contribution >= 0.6 is 0 Å². The molecule has 0 radical (unpaired) electrons. The number of aliphatic hydroxyl groups excluding tert-OH is 3. The Morgan fingerprint density at radius 1 is 0.722 bits per heavy atom. The van der Waals surface area contributed by atoms with Gasteiger partial charge in [0.05, 0.1) is 18.8 Å². The van der Waals surface area contributed by atoms with Crippen molar-refractivity contribution in [1.82, 2.24) is 0 Å². The summed E-state index contributed by atoms with van der Waals surface area (Å²) in [5, 5.41) is 29.5. The molecule has 3 atom stereocenters. The molecule has 0 heterocycles. The molecule has 0 aromatic carbocycles. The molecule has 0 unspecified atom stereocenters. The van der Waals surface area contributed by atoms with Crippen LogP contribution in [0.2, 0.25) is 0 Å². The minimum absolute atomic E-state index is 0.112. The Morgan fingerprint density at radius 3 is 1.97 bits per heavy atom. The smallest absolute Gasteiger partial charge is 0.306 e. The molecule has 0 aliphatic rings. The van der Waals surface area contributed by atoms with Gasteiger partial charge in [0, 0.05) is 12.8 Å². The van der Waals surface area contributed by atoms with Crippen molar-refractivity contribution in [2.75, 3.05) is 13.2 Å². The van der Waals surface area contributed by atoms with Crippen molar-refractivity contribution in [2.24, 2.45) is 0 Å². The molecule has 0 aliphatic heterocycles. The van der Waals surface area contributed by atoms with Gasteiger partial charge >= 0.3 is 11.9 Å². The molecular weight excluding hydrogens is 460 g/mol. The number of ether oxygens (including phenoxy) is 2. The van der Waals surface area contributed by atoms with E-state index < -0.39 is 24.3 Å². The lowest BCUT2D eigenvalue weighted by Gasteiger charge is -2.16. The van der Waals surface area contributed by atoms with E-state index in [1.807, 2.05) is 6.08 Å². The highest BCUT2D eigenvalue weighted by molar-refractivity contribution is 5.70. The molecule has 0 saturated carbocycles. The lowest BCUT2D eigenvalue weighted by Crippen LogP contribution is -2.28. The molecule has 0 rings (SSSR count). The first-order chi connectivity index (χ1) is 17.4. The maximum atomic E-state index is 12.0. The zero-order valence-corrected chi connectivity index (χ0v) is 23.0. The van der Waals surface area contributed by atoms with Crippen LogP contribution in [0.25, 0.3) is 0 Å². The Bertz CT molecular complexity index is 550. The van der Waals surface area contributed by atoms with E-state index in [1.165, 1.54) is 25.7 Å². The van der Waals surface area contributed by atoms with Crippen LogP contribution in [-0.4, -0.2) is 58.8 Å². The molecule has 36 heavy (non-hydrogen) atoms. The number of hydrogen-bond donors (Lipinski definition) is 3. The predicted molar refractivity (Wildman–Crippen MR) is 144 cm³/mol. The maximum Gasteiger partial charge on any atom is 0.306 e. The van der Waals surface area contributed by atoms with Crippen molar-refractivity contribution in [3.63, 3.8) is 0 Å². The highest BCUT2D eigenvalue weighted by Crippen LogP contribution is 2.13. The molecule has 0 amide bonds. The zero-order chi connectivity index (χ0) is 26.9. The SMILES string of the molecule is CCCCC/C=C\C[C@H](O)[C@@H](O)CCCCCCCC(=O)O[C@@H](CO)COC(=O)CCCCCCC. The van der Waals surface area contributed by atoms with Gasteiger partial charge in [-0.1, -0.05) is 90.2 Å². The summed E-state index contributed by atoms with van der Waals surface area (Å²) >= 11 is 0. The number of unbranched alkanes of at least 4 members (excludes halogenated alkanes) is 11. The summed E-state index contributed by atoms with van der Waals surface area (Å²) in [5.74, 6) is -0.719. The van der Waals surface area contributed by atoms with Gasteiger partial charge in [-0.3, -0.25) is 9.59 Å². The standard InChI is InChI=1S/C29H54O7/c1-3-5-7-9-12-15-19-26(31)27(32)20-16-13-10-14-18-22-29(34)36-25(23-30)24-35-28(33)21-17-11-8-6-4-2/h12,15,25-27,30-32H,3-11,13-14,16-24H2,1-2H3/b15-12-/t25-,26-,27-/m0/s1. The summed E-state index contributed by atoms with van der Waals surface area (Å²) in [6, 6.07) is 0. The highest BCUT2D eigenvalue weighted by atomic mass is 16.6. The van der Waals surface area contributed by atoms with Gasteiger partial charge in [0.2, 0.25) is 0 Å². The number of rotatable bonds is 25. The maximum absolute atomic E-state index is 12.0. The second-order valence-electron chi connectivity index (χ2n) is 9.79. The van der Waals surface area contributed by atoms with Crippen molar-refractivity contribution < 1.29 is 34.4 Å². The third kappa shape index (κ3) is 21.8. The van der Waals surface area contributed by atoms with Gasteiger partial charge in [-0.2, -0.15) is 0 Å². The van der Waals surface area contributed by atoms with Crippen molar-refractivity contribution in [2.45, 2.75) is 148 Å². The molecular formula is C29H54O7. The fourth-order valence-corrected chi connectivity index (χ4v) is 3.87. The fourth-order valence-electron chi connectivity index (χ4n) is 3.87. The average Bonchev–Trinajstić information content (AvgIpc) is 2.87. The van der Waals surface area contributed by atoms with Crippen LogP contribution < -0.4 is 0 Å². The summed E-state index contributed by atoms with van der Waals surface area (Å²) in [6.07, 6.45) is 17.6. The molecule has 0 aromatic heterocycles. The lowest BCUT2D eigenvalue weighted by atomic mass is 10.0. The largest absolute Gasteiger partial charge is 0.462 e. The molecule has 3 N–H and O–H groups in total. The molecule has 0 spiro atoms. The summed E-state index contributed by atoms with van der Waals surface area (Å²) in [4.78, 5) is 23.8. The Labute approximate surface area is 219 Å². The Hall–Kier alpha value is -1.44. The zero-order valence-electron chi connectivity index (χ0n) is 23.0. The van der Waals surface area contributed by atoms with Gasteiger partial charge in [0.1, 0.15) is 6.61 Å². The van der Waals surface area contributed by atoms with Crippen molar-refractivity contribution in [3.8, 4) is 0 Å². The van der Waals surface area contributed by atoms with E-state index in [-0.39, 0.29) is 25.6 Å². The Balaban J connectivity index is 3.77. The summed E-state index contributed by atoms with van der Waals surface area (Å²) in [6.45, 7) is 3.82. The number of hydrogen-bond acceptors (Lipinski definition) is 7. The molecule has 0 bridgehead atoms. The molecule has 0 fully saturated rings. The molecule has 0 saturated heterocycles. The number of esters is 2. The normalized spacial score (nSPS) is 14.0. The first-order valence-corrected chi connectivity index (χ1v) is 14.4. The minimum atomic E-state index is -0.819. The second kappa shape index (κ2) is 25.2. The molecule has 212 valence electrons. The summed E-state index contributed by atoms with van der Waals surface area (Å²) in [5.41, 5.74) is 0. The van der Waals surface area contributed by atoms with E-state index >= 15 is 0 Å². The van der Waals surface area contributed by atoms with Crippen molar-refractivity contribution >= 4 is 11.9 Å². The molecule has 0 aliphatic carbocycles.